The molecule has 1 aromatic carbocycles. The highest BCUT2D eigenvalue weighted by Gasteiger charge is 2.27. The molecule has 0 heterocycles. The van der Waals surface area contributed by atoms with Gasteiger partial charge in [-0.15, -0.1) is 0 Å². The SMILES string of the molecule is COc1cc(Cl)cc(C(C)(C)CO)c1OC(C)C. The van der Waals surface area contributed by atoms with Gasteiger partial charge in [-0.05, 0) is 19.9 Å². The van der Waals surface area contributed by atoms with Crippen LogP contribution in [0.5, 0.6) is 11.5 Å². The maximum absolute atomic E-state index is 9.52. The first-order chi connectivity index (χ1) is 8.31. The van der Waals surface area contributed by atoms with Crippen molar-refractivity contribution in [2.75, 3.05) is 13.7 Å². The minimum absolute atomic E-state index is 0.00491. The summed E-state index contributed by atoms with van der Waals surface area (Å²) in [5.74, 6) is 1.24. The standard InChI is InChI=1S/C14H21ClO3/c1-9(2)18-13-11(14(3,4)8-16)6-10(15)7-12(13)17-5/h6-7,9,16H,8H2,1-5H3. The van der Waals surface area contributed by atoms with Gasteiger partial charge in [0.25, 0.3) is 0 Å². The van der Waals surface area contributed by atoms with E-state index in [-0.39, 0.29) is 12.7 Å². The van der Waals surface area contributed by atoms with Crippen LogP contribution in [0.15, 0.2) is 12.1 Å². The average Bonchev–Trinajstić information content (AvgIpc) is 2.30. The second-order valence-electron chi connectivity index (χ2n) is 5.19. The van der Waals surface area contributed by atoms with E-state index < -0.39 is 5.41 Å². The first kappa shape index (κ1) is 15.1. The minimum Gasteiger partial charge on any atom is -0.493 e. The lowest BCUT2D eigenvalue weighted by Crippen LogP contribution is -2.24. The number of halogens is 1. The van der Waals surface area contributed by atoms with Crippen LogP contribution in [-0.2, 0) is 5.41 Å². The second-order valence-corrected chi connectivity index (χ2v) is 5.63. The number of rotatable bonds is 5. The maximum Gasteiger partial charge on any atom is 0.165 e. The van der Waals surface area contributed by atoms with Gasteiger partial charge in [0, 0.05) is 22.1 Å². The van der Waals surface area contributed by atoms with Crippen molar-refractivity contribution in [1.29, 1.82) is 0 Å². The summed E-state index contributed by atoms with van der Waals surface area (Å²) in [6, 6.07) is 3.54. The molecular formula is C14H21ClO3. The van der Waals surface area contributed by atoms with E-state index in [0.717, 1.165) is 5.56 Å². The molecule has 0 atom stereocenters. The Labute approximate surface area is 114 Å². The molecular weight excluding hydrogens is 252 g/mol. The lowest BCUT2D eigenvalue weighted by molar-refractivity contribution is 0.197. The van der Waals surface area contributed by atoms with Crippen LogP contribution in [0.3, 0.4) is 0 Å². The maximum atomic E-state index is 9.52. The molecule has 4 heteroatoms. The molecule has 1 rings (SSSR count). The van der Waals surface area contributed by atoms with Crippen molar-refractivity contribution in [3.05, 3.63) is 22.7 Å². The van der Waals surface area contributed by atoms with Crippen LogP contribution in [0.2, 0.25) is 5.02 Å². The topological polar surface area (TPSA) is 38.7 Å². The third-order valence-electron chi connectivity index (χ3n) is 2.72. The van der Waals surface area contributed by atoms with Gasteiger partial charge in [0.05, 0.1) is 19.8 Å². The van der Waals surface area contributed by atoms with Crippen LogP contribution >= 0.6 is 11.6 Å². The number of ether oxygens (including phenoxy) is 2. The van der Waals surface area contributed by atoms with Crippen LogP contribution < -0.4 is 9.47 Å². The summed E-state index contributed by atoms with van der Waals surface area (Å²) in [6.45, 7) is 7.77. The number of aliphatic hydroxyl groups is 1. The van der Waals surface area contributed by atoms with Crippen molar-refractivity contribution < 1.29 is 14.6 Å². The quantitative estimate of drug-likeness (QED) is 0.893. The molecule has 0 bridgehead atoms. The normalized spacial score (nSPS) is 11.8. The molecule has 0 aliphatic carbocycles. The Balaban J connectivity index is 3.41. The summed E-state index contributed by atoms with van der Waals surface area (Å²) in [5.41, 5.74) is 0.408. The third kappa shape index (κ3) is 3.30. The fourth-order valence-electron chi connectivity index (χ4n) is 1.67. The van der Waals surface area contributed by atoms with Crippen LogP contribution in [0.4, 0.5) is 0 Å². The number of hydrogen-bond acceptors (Lipinski definition) is 3. The molecule has 102 valence electrons. The predicted molar refractivity (Wildman–Crippen MR) is 73.9 cm³/mol. The number of methoxy groups -OCH3 is 1. The van der Waals surface area contributed by atoms with Gasteiger partial charge in [-0.1, -0.05) is 25.4 Å². The Hall–Kier alpha value is -0.930. The first-order valence-corrected chi connectivity index (χ1v) is 6.35. The molecule has 1 N–H and O–H groups in total. The number of hydrogen-bond donors (Lipinski definition) is 1. The Kier molecular flexibility index (Phi) is 4.88. The molecule has 0 radical (unpaired) electrons. The lowest BCUT2D eigenvalue weighted by Gasteiger charge is -2.27. The fraction of sp³-hybridized carbons (Fsp3) is 0.571. The molecule has 0 amide bonds. The zero-order valence-corrected chi connectivity index (χ0v) is 12.3. The minimum atomic E-state index is -0.442. The molecule has 0 aromatic heterocycles. The molecule has 0 aliphatic rings. The Morgan fingerprint density at radius 2 is 1.94 bits per heavy atom. The van der Waals surface area contributed by atoms with Gasteiger partial charge in [-0.2, -0.15) is 0 Å². The predicted octanol–water partition coefficient (Wildman–Crippen LogP) is 3.41. The van der Waals surface area contributed by atoms with Crippen LogP contribution in [-0.4, -0.2) is 24.9 Å². The van der Waals surface area contributed by atoms with Gasteiger partial charge >= 0.3 is 0 Å². The van der Waals surface area contributed by atoms with Crippen molar-refractivity contribution >= 4 is 11.6 Å². The van der Waals surface area contributed by atoms with E-state index in [4.69, 9.17) is 21.1 Å². The zero-order valence-electron chi connectivity index (χ0n) is 11.6. The van der Waals surface area contributed by atoms with Gasteiger partial charge in [0.1, 0.15) is 0 Å². The first-order valence-electron chi connectivity index (χ1n) is 5.97. The van der Waals surface area contributed by atoms with Crippen molar-refractivity contribution in [3.63, 3.8) is 0 Å². The molecule has 0 fully saturated rings. The van der Waals surface area contributed by atoms with Crippen molar-refractivity contribution in [2.45, 2.75) is 39.2 Å². The number of aliphatic hydroxyl groups excluding tert-OH is 1. The van der Waals surface area contributed by atoms with Crippen LogP contribution in [0.1, 0.15) is 33.3 Å². The summed E-state index contributed by atoms with van der Waals surface area (Å²) in [5, 5.41) is 10.1. The summed E-state index contributed by atoms with van der Waals surface area (Å²) in [4.78, 5) is 0. The molecule has 0 saturated heterocycles. The van der Waals surface area contributed by atoms with E-state index in [0.29, 0.717) is 16.5 Å². The fourth-order valence-corrected chi connectivity index (χ4v) is 1.87. The molecule has 18 heavy (non-hydrogen) atoms. The van der Waals surface area contributed by atoms with E-state index in [9.17, 15) is 5.11 Å². The summed E-state index contributed by atoms with van der Waals surface area (Å²) in [6.07, 6.45) is 0.0216. The van der Waals surface area contributed by atoms with Gasteiger partial charge < -0.3 is 14.6 Å². The highest BCUT2D eigenvalue weighted by Crippen LogP contribution is 2.41. The molecule has 1 aromatic rings. The Morgan fingerprint density at radius 3 is 2.39 bits per heavy atom. The number of benzene rings is 1. The van der Waals surface area contributed by atoms with E-state index >= 15 is 0 Å². The van der Waals surface area contributed by atoms with E-state index in [1.807, 2.05) is 33.8 Å². The lowest BCUT2D eigenvalue weighted by atomic mass is 9.84. The highest BCUT2D eigenvalue weighted by molar-refractivity contribution is 6.30. The molecule has 0 unspecified atom stereocenters. The summed E-state index contributed by atoms with van der Waals surface area (Å²) in [7, 11) is 1.58. The van der Waals surface area contributed by atoms with Gasteiger partial charge in [-0.3, -0.25) is 0 Å². The van der Waals surface area contributed by atoms with Crippen LogP contribution in [0.25, 0.3) is 0 Å². The Bertz CT molecular complexity index is 414. The van der Waals surface area contributed by atoms with Gasteiger partial charge in [-0.25, -0.2) is 0 Å². The van der Waals surface area contributed by atoms with Crippen molar-refractivity contribution in [2.24, 2.45) is 0 Å². The van der Waals surface area contributed by atoms with E-state index in [1.165, 1.54) is 0 Å². The smallest absolute Gasteiger partial charge is 0.165 e. The van der Waals surface area contributed by atoms with Gasteiger partial charge in [0.15, 0.2) is 11.5 Å². The monoisotopic (exact) mass is 272 g/mol. The molecule has 0 aliphatic heterocycles. The average molecular weight is 273 g/mol. The summed E-state index contributed by atoms with van der Waals surface area (Å²) < 4.78 is 11.1. The van der Waals surface area contributed by atoms with E-state index in [2.05, 4.69) is 0 Å². The molecule has 3 nitrogen and oxygen atoms in total. The highest BCUT2D eigenvalue weighted by atomic mass is 35.5. The largest absolute Gasteiger partial charge is 0.493 e. The van der Waals surface area contributed by atoms with E-state index in [1.54, 1.807) is 13.2 Å². The van der Waals surface area contributed by atoms with Crippen molar-refractivity contribution in [1.82, 2.24) is 0 Å². The Morgan fingerprint density at radius 1 is 1.33 bits per heavy atom. The molecule has 0 spiro atoms. The zero-order chi connectivity index (χ0) is 13.9. The van der Waals surface area contributed by atoms with Gasteiger partial charge in [0.2, 0.25) is 0 Å². The second kappa shape index (κ2) is 5.81. The third-order valence-corrected chi connectivity index (χ3v) is 2.94. The molecule has 0 saturated carbocycles. The van der Waals surface area contributed by atoms with Crippen LogP contribution in [0, 0.1) is 0 Å². The summed E-state index contributed by atoms with van der Waals surface area (Å²) >= 11 is 6.08. The van der Waals surface area contributed by atoms with Crippen molar-refractivity contribution in [3.8, 4) is 11.5 Å².